The van der Waals surface area contributed by atoms with Crippen LogP contribution in [0.1, 0.15) is 11.6 Å². The summed E-state index contributed by atoms with van der Waals surface area (Å²) in [6.07, 6.45) is 0. The summed E-state index contributed by atoms with van der Waals surface area (Å²) in [6.45, 7) is -1.12. The highest BCUT2D eigenvalue weighted by molar-refractivity contribution is 5.78. The van der Waals surface area contributed by atoms with Crippen molar-refractivity contribution in [3.8, 4) is 0 Å². The first kappa shape index (κ1) is 14.1. The highest BCUT2D eigenvalue weighted by Gasteiger charge is 2.13. The first-order chi connectivity index (χ1) is 8.63. The molecule has 0 aromatic heterocycles. The molecule has 18 heavy (non-hydrogen) atoms. The molecule has 1 rings (SSSR count). The molecule has 1 amide bonds. The van der Waals surface area contributed by atoms with Crippen LogP contribution < -0.4 is 5.32 Å². The van der Waals surface area contributed by atoms with Gasteiger partial charge in [0.2, 0.25) is 5.91 Å². The molecule has 6 heteroatoms. The number of aliphatic hydroxyl groups excluding tert-OH is 1. The van der Waals surface area contributed by atoms with Gasteiger partial charge in [0.15, 0.2) is 0 Å². The Labute approximate surface area is 104 Å². The normalized spacial score (nSPS) is 11.8. The van der Waals surface area contributed by atoms with Crippen LogP contribution in [-0.2, 0) is 14.3 Å². The predicted octanol–water partition coefficient (Wildman–Crippen LogP) is -0.0626. The Kier molecular flexibility index (Phi) is 5.83. The van der Waals surface area contributed by atoms with Crippen molar-refractivity contribution in [1.29, 1.82) is 0 Å². The molecule has 0 saturated heterocycles. The minimum Gasteiger partial charge on any atom is -0.480 e. The first-order valence-electron chi connectivity index (χ1n) is 5.38. The third kappa shape index (κ3) is 4.94. The van der Waals surface area contributed by atoms with Crippen LogP contribution in [0.4, 0.5) is 0 Å². The molecule has 0 aliphatic rings. The van der Waals surface area contributed by atoms with Crippen molar-refractivity contribution in [2.45, 2.75) is 6.04 Å². The number of carbonyl (C=O) groups excluding carboxylic acids is 1. The third-order valence-corrected chi connectivity index (χ3v) is 2.18. The molecule has 1 aromatic carbocycles. The molecular formula is C12H15NO5. The molecule has 1 aromatic rings. The second-order valence-corrected chi connectivity index (χ2v) is 3.60. The largest absolute Gasteiger partial charge is 0.480 e. The van der Waals surface area contributed by atoms with E-state index in [0.717, 1.165) is 5.56 Å². The molecule has 0 spiro atoms. The van der Waals surface area contributed by atoms with Gasteiger partial charge in [-0.25, -0.2) is 4.79 Å². The zero-order chi connectivity index (χ0) is 13.4. The smallest absolute Gasteiger partial charge is 0.329 e. The summed E-state index contributed by atoms with van der Waals surface area (Å²) < 4.78 is 4.64. The van der Waals surface area contributed by atoms with E-state index in [9.17, 15) is 14.7 Å². The van der Waals surface area contributed by atoms with E-state index in [0.29, 0.717) is 0 Å². The number of benzene rings is 1. The lowest BCUT2D eigenvalue weighted by Crippen LogP contribution is -2.34. The fourth-order valence-corrected chi connectivity index (χ4v) is 1.39. The van der Waals surface area contributed by atoms with Gasteiger partial charge in [-0.15, -0.1) is 0 Å². The lowest BCUT2D eigenvalue weighted by atomic mass is 10.1. The molecule has 0 fully saturated rings. The highest BCUT2D eigenvalue weighted by Crippen LogP contribution is 2.11. The summed E-state index contributed by atoms with van der Waals surface area (Å²) in [5.41, 5.74) is 0.770. The lowest BCUT2D eigenvalue weighted by Gasteiger charge is -2.16. The maximum atomic E-state index is 11.4. The summed E-state index contributed by atoms with van der Waals surface area (Å²) in [6, 6.07) is 8.46. The van der Waals surface area contributed by atoms with Gasteiger partial charge in [0.05, 0.1) is 12.6 Å². The van der Waals surface area contributed by atoms with Crippen molar-refractivity contribution in [1.82, 2.24) is 5.32 Å². The Hall–Kier alpha value is -1.92. The number of ether oxygens (including phenoxy) is 1. The van der Waals surface area contributed by atoms with E-state index in [1.54, 1.807) is 24.3 Å². The van der Waals surface area contributed by atoms with E-state index in [4.69, 9.17) is 5.11 Å². The number of carbonyl (C=O) groups is 2. The Bertz CT molecular complexity index is 393. The van der Waals surface area contributed by atoms with Gasteiger partial charge in [0.1, 0.15) is 13.2 Å². The third-order valence-electron chi connectivity index (χ3n) is 2.18. The van der Waals surface area contributed by atoms with E-state index < -0.39 is 24.5 Å². The van der Waals surface area contributed by atoms with Crippen LogP contribution in [0.5, 0.6) is 0 Å². The van der Waals surface area contributed by atoms with Gasteiger partial charge in [-0.2, -0.15) is 0 Å². The van der Waals surface area contributed by atoms with Crippen molar-refractivity contribution >= 4 is 11.9 Å². The van der Waals surface area contributed by atoms with Gasteiger partial charge in [0, 0.05) is 0 Å². The number of amides is 1. The summed E-state index contributed by atoms with van der Waals surface area (Å²) in [5.74, 6) is -1.61. The molecule has 0 bridgehead atoms. The van der Waals surface area contributed by atoms with Crippen molar-refractivity contribution in [3.63, 3.8) is 0 Å². The zero-order valence-corrected chi connectivity index (χ0v) is 9.70. The number of carboxylic acids is 1. The number of carboxylic acid groups (broad SMARTS) is 1. The Morgan fingerprint density at radius 2 is 1.89 bits per heavy atom. The van der Waals surface area contributed by atoms with E-state index in [1.165, 1.54) is 0 Å². The van der Waals surface area contributed by atoms with Gasteiger partial charge >= 0.3 is 5.97 Å². The molecule has 0 aliphatic heterocycles. The SMILES string of the molecule is O=C(O)COCC(=O)N[C@@H](CO)c1ccccc1. The molecule has 6 nitrogen and oxygen atoms in total. The maximum absolute atomic E-state index is 11.4. The minimum atomic E-state index is -1.13. The van der Waals surface area contributed by atoms with Crippen LogP contribution in [0.15, 0.2) is 30.3 Å². The van der Waals surface area contributed by atoms with Crippen LogP contribution >= 0.6 is 0 Å². The summed E-state index contributed by atoms with van der Waals surface area (Å²) >= 11 is 0. The summed E-state index contributed by atoms with van der Waals surface area (Å²) in [7, 11) is 0. The average molecular weight is 253 g/mol. The number of hydrogen-bond donors (Lipinski definition) is 3. The molecular weight excluding hydrogens is 238 g/mol. The van der Waals surface area contributed by atoms with E-state index >= 15 is 0 Å². The quantitative estimate of drug-likeness (QED) is 0.632. The maximum Gasteiger partial charge on any atom is 0.329 e. The average Bonchev–Trinajstić information content (AvgIpc) is 2.36. The Morgan fingerprint density at radius 1 is 1.22 bits per heavy atom. The van der Waals surface area contributed by atoms with E-state index in [1.807, 2.05) is 6.07 Å². The van der Waals surface area contributed by atoms with Crippen molar-refractivity contribution in [3.05, 3.63) is 35.9 Å². The van der Waals surface area contributed by atoms with Gasteiger partial charge < -0.3 is 20.3 Å². The zero-order valence-electron chi connectivity index (χ0n) is 9.70. The second kappa shape index (κ2) is 7.41. The van der Waals surface area contributed by atoms with Gasteiger partial charge in [-0.3, -0.25) is 4.79 Å². The summed E-state index contributed by atoms with van der Waals surface area (Å²) in [4.78, 5) is 21.6. The number of hydrogen-bond acceptors (Lipinski definition) is 4. The molecule has 1 atom stereocenters. The number of aliphatic carboxylic acids is 1. The van der Waals surface area contributed by atoms with Crippen molar-refractivity contribution in [2.24, 2.45) is 0 Å². The number of nitrogens with one attached hydrogen (secondary N) is 1. The fraction of sp³-hybridized carbons (Fsp3) is 0.333. The van der Waals surface area contributed by atoms with Crippen LogP contribution in [0.2, 0.25) is 0 Å². The van der Waals surface area contributed by atoms with Gasteiger partial charge in [-0.05, 0) is 5.56 Å². The minimum absolute atomic E-state index is 0.241. The van der Waals surface area contributed by atoms with E-state index in [2.05, 4.69) is 10.1 Å². The highest BCUT2D eigenvalue weighted by atomic mass is 16.5. The van der Waals surface area contributed by atoms with Crippen molar-refractivity contribution in [2.75, 3.05) is 19.8 Å². The van der Waals surface area contributed by atoms with E-state index in [-0.39, 0.29) is 13.2 Å². The summed E-state index contributed by atoms with van der Waals surface area (Å²) in [5, 5.41) is 20.1. The van der Waals surface area contributed by atoms with Gasteiger partial charge in [-0.1, -0.05) is 30.3 Å². The van der Waals surface area contributed by atoms with Crippen LogP contribution in [0.3, 0.4) is 0 Å². The monoisotopic (exact) mass is 253 g/mol. The number of aliphatic hydroxyl groups is 1. The standard InChI is InChI=1S/C12H15NO5/c14-6-10(9-4-2-1-3-5-9)13-11(15)7-18-8-12(16)17/h1-5,10,14H,6-8H2,(H,13,15)(H,16,17)/t10-/m0/s1. The fourth-order valence-electron chi connectivity index (χ4n) is 1.39. The molecule has 98 valence electrons. The van der Waals surface area contributed by atoms with Crippen LogP contribution in [0, 0.1) is 0 Å². The molecule has 0 unspecified atom stereocenters. The van der Waals surface area contributed by atoms with Crippen LogP contribution in [0.25, 0.3) is 0 Å². The second-order valence-electron chi connectivity index (χ2n) is 3.60. The molecule has 0 aliphatic carbocycles. The number of rotatable bonds is 7. The first-order valence-corrected chi connectivity index (χ1v) is 5.38. The molecule has 0 radical (unpaired) electrons. The van der Waals surface area contributed by atoms with Crippen molar-refractivity contribution < 1.29 is 24.5 Å². The topological polar surface area (TPSA) is 95.9 Å². The van der Waals surface area contributed by atoms with Crippen LogP contribution in [-0.4, -0.2) is 41.9 Å². The Balaban J connectivity index is 2.44. The molecule has 0 saturated carbocycles. The molecule has 0 heterocycles. The molecule has 3 N–H and O–H groups in total. The predicted molar refractivity (Wildman–Crippen MR) is 62.9 cm³/mol. The van der Waals surface area contributed by atoms with Gasteiger partial charge in [0.25, 0.3) is 0 Å². The Morgan fingerprint density at radius 3 is 2.44 bits per heavy atom. The lowest BCUT2D eigenvalue weighted by molar-refractivity contribution is -0.143.